The van der Waals surface area contributed by atoms with Crippen LogP contribution in [-0.4, -0.2) is 11.1 Å². The number of carboxylic acid groups (broad SMARTS) is 1. The summed E-state index contributed by atoms with van der Waals surface area (Å²) in [7, 11) is 0. The second kappa shape index (κ2) is 19.2. The van der Waals surface area contributed by atoms with Gasteiger partial charge < -0.3 is 5.11 Å². The first-order valence-electron chi connectivity index (χ1n) is 9.33. The molecule has 0 aliphatic rings. The fourth-order valence-corrected chi connectivity index (χ4v) is 2.27. The normalized spacial score (nSPS) is 12.7. The predicted molar refractivity (Wildman–Crippen MR) is 105 cm³/mol. The molecular formula is C22H34O2. The molecule has 0 aliphatic heterocycles. The molecule has 0 radical (unpaired) electrons. The maximum absolute atomic E-state index is 10.2. The minimum absolute atomic E-state index is 0.930. The average Bonchev–Trinajstić information content (AvgIpc) is 2.56. The van der Waals surface area contributed by atoms with Crippen LogP contribution in [0.1, 0.15) is 71.1 Å². The van der Waals surface area contributed by atoms with Crippen LogP contribution in [0.4, 0.5) is 0 Å². The van der Waals surface area contributed by atoms with Crippen LogP contribution in [0, 0.1) is 0 Å². The van der Waals surface area contributed by atoms with Crippen LogP contribution < -0.4 is 0 Å². The molecule has 0 saturated carbocycles. The number of hydrogen-bond acceptors (Lipinski definition) is 1. The Morgan fingerprint density at radius 1 is 0.667 bits per heavy atom. The Morgan fingerprint density at radius 2 is 1.12 bits per heavy atom. The van der Waals surface area contributed by atoms with Gasteiger partial charge in [0.1, 0.15) is 0 Å². The van der Waals surface area contributed by atoms with E-state index in [2.05, 4.69) is 19.1 Å². The molecule has 0 saturated heterocycles. The third kappa shape index (κ3) is 20.2. The molecule has 24 heavy (non-hydrogen) atoms. The van der Waals surface area contributed by atoms with E-state index in [4.69, 9.17) is 5.11 Å². The van der Waals surface area contributed by atoms with Gasteiger partial charge in [-0.25, -0.2) is 4.79 Å². The van der Waals surface area contributed by atoms with E-state index in [-0.39, 0.29) is 0 Å². The van der Waals surface area contributed by atoms with Crippen LogP contribution in [0.25, 0.3) is 0 Å². The Balaban J connectivity index is 3.44. The Hall–Kier alpha value is -1.83. The fraction of sp³-hybridized carbons (Fsp3) is 0.500. The molecule has 0 atom stereocenters. The summed E-state index contributed by atoms with van der Waals surface area (Å²) >= 11 is 0. The number of allylic oxidation sites excluding steroid dienone is 9. The number of unbranched alkanes of at least 4 members (excludes halogenated alkanes) is 9. The third-order valence-electron chi connectivity index (χ3n) is 3.63. The van der Waals surface area contributed by atoms with E-state index in [0.717, 1.165) is 12.5 Å². The molecular weight excluding hydrogens is 296 g/mol. The molecule has 134 valence electrons. The van der Waals surface area contributed by atoms with Crippen LogP contribution in [-0.2, 0) is 4.79 Å². The van der Waals surface area contributed by atoms with E-state index < -0.39 is 5.97 Å². The standard InChI is InChI=1S/C22H34O2/c1-2-3-4-5-6-7-8-9-10-11-12-13-14-15-16-17-18-19-20-21-22(23)24/h12-21H,2-11H2,1H3,(H,23,24)/b13-12-,15-14+,17-16-,19-18-,21-20+. The summed E-state index contributed by atoms with van der Waals surface area (Å²) in [5, 5.41) is 8.40. The van der Waals surface area contributed by atoms with Gasteiger partial charge >= 0.3 is 5.97 Å². The summed E-state index contributed by atoms with van der Waals surface area (Å²) < 4.78 is 0. The van der Waals surface area contributed by atoms with Gasteiger partial charge in [-0.2, -0.15) is 0 Å². The van der Waals surface area contributed by atoms with E-state index in [1.165, 1.54) is 63.9 Å². The summed E-state index contributed by atoms with van der Waals surface area (Å²) in [5.41, 5.74) is 0. The van der Waals surface area contributed by atoms with Gasteiger partial charge in [0.25, 0.3) is 0 Å². The molecule has 2 heteroatoms. The van der Waals surface area contributed by atoms with Gasteiger partial charge in [-0.1, -0.05) is 113 Å². The summed E-state index contributed by atoms with van der Waals surface area (Å²) in [6.45, 7) is 2.26. The second-order valence-corrected chi connectivity index (χ2v) is 5.90. The van der Waals surface area contributed by atoms with Gasteiger partial charge in [0.15, 0.2) is 0 Å². The van der Waals surface area contributed by atoms with Crippen LogP contribution in [0.3, 0.4) is 0 Å². The minimum Gasteiger partial charge on any atom is -0.478 e. The molecule has 0 aliphatic carbocycles. The zero-order valence-corrected chi connectivity index (χ0v) is 15.2. The monoisotopic (exact) mass is 330 g/mol. The van der Waals surface area contributed by atoms with Crippen molar-refractivity contribution in [1.29, 1.82) is 0 Å². The molecule has 0 unspecified atom stereocenters. The van der Waals surface area contributed by atoms with Gasteiger partial charge in [0.05, 0.1) is 0 Å². The van der Waals surface area contributed by atoms with E-state index in [1.807, 2.05) is 24.3 Å². The summed E-state index contributed by atoms with van der Waals surface area (Å²) in [4.78, 5) is 10.2. The number of carbonyl (C=O) groups is 1. The number of carboxylic acids is 1. The molecule has 0 aromatic rings. The van der Waals surface area contributed by atoms with E-state index in [9.17, 15) is 4.79 Å². The Labute approximate surface area is 148 Å². The van der Waals surface area contributed by atoms with Gasteiger partial charge in [-0.3, -0.25) is 0 Å². The largest absolute Gasteiger partial charge is 0.478 e. The Bertz CT molecular complexity index is 425. The van der Waals surface area contributed by atoms with Crippen molar-refractivity contribution in [2.75, 3.05) is 0 Å². The number of rotatable bonds is 15. The van der Waals surface area contributed by atoms with Gasteiger partial charge in [0.2, 0.25) is 0 Å². The minimum atomic E-state index is -0.930. The van der Waals surface area contributed by atoms with Crippen molar-refractivity contribution in [3.8, 4) is 0 Å². The van der Waals surface area contributed by atoms with Crippen molar-refractivity contribution in [3.05, 3.63) is 60.8 Å². The molecule has 0 heterocycles. The lowest BCUT2D eigenvalue weighted by molar-refractivity contribution is -0.131. The van der Waals surface area contributed by atoms with Gasteiger partial charge in [-0.05, 0) is 12.8 Å². The van der Waals surface area contributed by atoms with E-state index >= 15 is 0 Å². The Kier molecular flexibility index (Phi) is 17.8. The summed E-state index contributed by atoms with van der Waals surface area (Å²) in [6, 6.07) is 0. The van der Waals surface area contributed by atoms with Crippen molar-refractivity contribution in [2.45, 2.75) is 71.1 Å². The number of aliphatic carboxylic acids is 1. The lowest BCUT2D eigenvalue weighted by Gasteiger charge is -2.00. The predicted octanol–water partition coefficient (Wildman–Crippen LogP) is 6.77. The molecule has 0 rings (SSSR count). The van der Waals surface area contributed by atoms with E-state index in [0.29, 0.717) is 0 Å². The molecule has 0 aromatic heterocycles. The van der Waals surface area contributed by atoms with Gasteiger partial charge in [-0.15, -0.1) is 0 Å². The lowest BCUT2D eigenvalue weighted by Crippen LogP contribution is -1.84. The van der Waals surface area contributed by atoms with Crippen LogP contribution in [0.15, 0.2) is 60.8 Å². The first-order chi connectivity index (χ1) is 11.8. The van der Waals surface area contributed by atoms with Crippen LogP contribution in [0.5, 0.6) is 0 Å². The highest BCUT2D eigenvalue weighted by atomic mass is 16.4. The van der Waals surface area contributed by atoms with Crippen molar-refractivity contribution in [2.24, 2.45) is 0 Å². The van der Waals surface area contributed by atoms with Crippen molar-refractivity contribution in [3.63, 3.8) is 0 Å². The fourth-order valence-electron chi connectivity index (χ4n) is 2.27. The van der Waals surface area contributed by atoms with Crippen molar-refractivity contribution in [1.82, 2.24) is 0 Å². The highest BCUT2D eigenvalue weighted by Gasteiger charge is 1.90. The molecule has 2 nitrogen and oxygen atoms in total. The summed E-state index contributed by atoms with van der Waals surface area (Å²) in [5.74, 6) is -0.930. The molecule has 0 aromatic carbocycles. The maximum Gasteiger partial charge on any atom is 0.328 e. The second-order valence-electron chi connectivity index (χ2n) is 5.90. The highest BCUT2D eigenvalue weighted by Crippen LogP contribution is 2.10. The first kappa shape index (κ1) is 22.2. The maximum atomic E-state index is 10.2. The van der Waals surface area contributed by atoms with Crippen molar-refractivity contribution >= 4 is 5.97 Å². The zero-order valence-electron chi connectivity index (χ0n) is 15.2. The molecule has 0 fully saturated rings. The van der Waals surface area contributed by atoms with Gasteiger partial charge in [0, 0.05) is 6.08 Å². The molecule has 1 N–H and O–H groups in total. The SMILES string of the molecule is CCCCCCCCCCC\C=C/C=C/C=C\C=C/C=C/C(=O)O. The Morgan fingerprint density at radius 3 is 1.67 bits per heavy atom. The zero-order chi connectivity index (χ0) is 17.7. The van der Waals surface area contributed by atoms with E-state index in [1.54, 1.807) is 12.2 Å². The lowest BCUT2D eigenvalue weighted by atomic mass is 10.1. The smallest absolute Gasteiger partial charge is 0.328 e. The quantitative estimate of drug-likeness (QED) is 0.204. The average molecular weight is 331 g/mol. The topological polar surface area (TPSA) is 37.3 Å². The summed E-state index contributed by atoms with van der Waals surface area (Å²) in [6.07, 6.45) is 31.7. The third-order valence-corrected chi connectivity index (χ3v) is 3.63. The van der Waals surface area contributed by atoms with Crippen LogP contribution >= 0.6 is 0 Å². The first-order valence-corrected chi connectivity index (χ1v) is 9.33. The van der Waals surface area contributed by atoms with Crippen molar-refractivity contribution < 1.29 is 9.90 Å². The highest BCUT2D eigenvalue weighted by molar-refractivity contribution is 5.80. The number of hydrogen-bond donors (Lipinski definition) is 1. The van der Waals surface area contributed by atoms with Crippen LogP contribution in [0.2, 0.25) is 0 Å². The molecule has 0 amide bonds. The molecule has 0 spiro atoms. The molecule has 0 bridgehead atoms.